The van der Waals surface area contributed by atoms with Crippen LogP contribution in [0.5, 0.6) is 0 Å². The molecule has 4 nitrogen and oxygen atoms in total. The van der Waals surface area contributed by atoms with Crippen LogP contribution in [-0.4, -0.2) is 23.2 Å². The van der Waals surface area contributed by atoms with Crippen LogP contribution in [0.4, 0.5) is 5.69 Å². The third-order valence-electron chi connectivity index (χ3n) is 4.25. The van der Waals surface area contributed by atoms with Gasteiger partial charge in [0.25, 0.3) is 0 Å². The molecule has 4 heteroatoms. The summed E-state index contributed by atoms with van der Waals surface area (Å²) >= 11 is 0. The number of nitrogen functional groups attached to an aromatic ring is 1. The molecule has 0 unspecified atom stereocenters. The van der Waals surface area contributed by atoms with Gasteiger partial charge in [-0.2, -0.15) is 0 Å². The van der Waals surface area contributed by atoms with Gasteiger partial charge in [0.15, 0.2) is 0 Å². The summed E-state index contributed by atoms with van der Waals surface area (Å²) in [5.74, 6) is -0.0479. The predicted molar refractivity (Wildman–Crippen MR) is 80.3 cm³/mol. The zero-order valence-electron chi connectivity index (χ0n) is 12.2. The summed E-state index contributed by atoms with van der Waals surface area (Å²) in [4.78, 5) is 12.5. The van der Waals surface area contributed by atoms with E-state index < -0.39 is 11.5 Å². The van der Waals surface area contributed by atoms with Gasteiger partial charge in [0.05, 0.1) is 17.6 Å². The first-order valence-electron chi connectivity index (χ1n) is 7.26. The first kappa shape index (κ1) is 14.9. The molecule has 1 fully saturated rings. The second-order valence-corrected chi connectivity index (χ2v) is 6.18. The van der Waals surface area contributed by atoms with Crippen LogP contribution in [0, 0.1) is 0 Å². The molecule has 1 aliphatic carbocycles. The molecule has 0 spiro atoms. The number of carbonyl (C=O) groups is 1. The van der Waals surface area contributed by atoms with Gasteiger partial charge in [-0.25, -0.2) is 0 Å². The average molecular weight is 276 g/mol. The lowest BCUT2D eigenvalue weighted by atomic mass is 9.82. The average Bonchev–Trinajstić information content (AvgIpc) is 2.41. The Labute approximate surface area is 120 Å². The zero-order valence-corrected chi connectivity index (χ0v) is 12.2. The van der Waals surface area contributed by atoms with Crippen molar-refractivity contribution in [1.82, 2.24) is 5.32 Å². The Balaban J connectivity index is 2.08. The van der Waals surface area contributed by atoms with Crippen molar-refractivity contribution in [1.29, 1.82) is 0 Å². The molecule has 0 radical (unpaired) electrons. The van der Waals surface area contributed by atoms with Gasteiger partial charge >= 0.3 is 0 Å². The van der Waals surface area contributed by atoms with Gasteiger partial charge in [-0.3, -0.25) is 4.79 Å². The number of rotatable bonds is 3. The molecule has 0 aromatic heterocycles. The molecule has 0 aliphatic heterocycles. The number of aliphatic hydroxyl groups excluding tert-OH is 1. The Morgan fingerprint density at radius 2 is 1.85 bits per heavy atom. The number of hydrogen-bond acceptors (Lipinski definition) is 3. The summed E-state index contributed by atoms with van der Waals surface area (Å²) in [7, 11) is 0. The summed E-state index contributed by atoms with van der Waals surface area (Å²) in [6, 6.07) is 7.25. The first-order valence-corrected chi connectivity index (χ1v) is 7.26. The number of nitrogens with two attached hydrogens (primary N) is 1. The lowest BCUT2D eigenvalue weighted by Gasteiger charge is -2.32. The maximum absolute atomic E-state index is 12.5. The van der Waals surface area contributed by atoms with Crippen molar-refractivity contribution < 1.29 is 9.90 Å². The van der Waals surface area contributed by atoms with E-state index in [1.807, 2.05) is 26.0 Å². The minimum atomic E-state index is -0.634. The largest absolute Gasteiger partial charge is 0.399 e. The molecule has 4 N–H and O–H groups in total. The maximum Gasteiger partial charge on any atom is 0.230 e. The third kappa shape index (κ3) is 3.12. The normalized spacial score (nSPS) is 23.4. The van der Waals surface area contributed by atoms with E-state index in [4.69, 9.17) is 5.73 Å². The Morgan fingerprint density at radius 1 is 1.25 bits per heavy atom. The van der Waals surface area contributed by atoms with Crippen LogP contribution >= 0.6 is 0 Å². The summed E-state index contributed by atoms with van der Waals surface area (Å²) in [6.45, 7) is 3.78. The Kier molecular flexibility index (Phi) is 4.33. The van der Waals surface area contributed by atoms with Crippen LogP contribution in [-0.2, 0) is 10.2 Å². The van der Waals surface area contributed by atoms with Crippen molar-refractivity contribution in [2.45, 2.75) is 57.1 Å². The number of nitrogens with one attached hydrogen (secondary N) is 1. The predicted octanol–water partition coefficient (Wildman–Crippen LogP) is 1.97. The molecule has 1 aliphatic rings. The van der Waals surface area contributed by atoms with E-state index in [1.165, 1.54) is 0 Å². The smallest absolute Gasteiger partial charge is 0.230 e. The monoisotopic (exact) mass is 276 g/mol. The van der Waals surface area contributed by atoms with Crippen molar-refractivity contribution in [3.63, 3.8) is 0 Å². The highest BCUT2D eigenvalue weighted by Gasteiger charge is 2.33. The third-order valence-corrected chi connectivity index (χ3v) is 4.25. The molecule has 20 heavy (non-hydrogen) atoms. The minimum Gasteiger partial charge on any atom is -0.399 e. The number of aliphatic hydroxyl groups is 1. The molecular weight excluding hydrogens is 252 g/mol. The van der Waals surface area contributed by atoms with Crippen LogP contribution in [0.1, 0.15) is 45.1 Å². The van der Waals surface area contributed by atoms with Gasteiger partial charge in [0.1, 0.15) is 0 Å². The summed E-state index contributed by atoms with van der Waals surface area (Å²) in [5, 5.41) is 13.0. The highest BCUT2D eigenvalue weighted by atomic mass is 16.3. The first-order chi connectivity index (χ1) is 9.41. The van der Waals surface area contributed by atoms with E-state index in [-0.39, 0.29) is 11.9 Å². The molecule has 1 aromatic carbocycles. The van der Waals surface area contributed by atoms with Crippen LogP contribution < -0.4 is 11.1 Å². The van der Waals surface area contributed by atoms with E-state index >= 15 is 0 Å². The van der Waals surface area contributed by atoms with Crippen molar-refractivity contribution in [2.75, 3.05) is 5.73 Å². The second kappa shape index (κ2) is 5.83. The highest BCUT2D eigenvalue weighted by Crippen LogP contribution is 2.26. The van der Waals surface area contributed by atoms with Crippen molar-refractivity contribution >= 4 is 11.6 Å². The topological polar surface area (TPSA) is 75.3 Å². The number of amides is 1. The van der Waals surface area contributed by atoms with Gasteiger partial charge in [0, 0.05) is 5.69 Å². The fourth-order valence-electron chi connectivity index (χ4n) is 2.66. The fourth-order valence-corrected chi connectivity index (χ4v) is 2.66. The van der Waals surface area contributed by atoms with Crippen LogP contribution in [0.25, 0.3) is 0 Å². The molecular formula is C16H24N2O2. The van der Waals surface area contributed by atoms with Crippen LogP contribution in [0.3, 0.4) is 0 Å². The van der Waals surface area contributed by atoms with Crippen LogP contribution in [0.2, 0.25) is 0 Å². The number of anilines is 1. The molecule has 1 amide bonds. The number of carbonyl (C=O) groups excluding carboxylic acids is 1. The fraction of sp³-hybridized carbons (Fsp3) is 0.562. The standard InChI is InChI=1S/C16H24N2O2/c1-16(2,11-7-9-12(17)10-8-11)15(20)18-13-5-3-4-6-14(13)19/h7-10,13-14,19H,3-6,17H2,1-2H3,(H,18,20)/t13-,14-/m0/s1. The highest BCUT2D eigenvalue weighted by molar-refractivity contribution is 5.87. The lowest BCUT2D eigenvalue weighted by Crippen LogP contribution is -2.50. The summed E-state index contributed by atoms with van der Waals surface area (Å²) in [5.41, 5.74) is 6.66. The van der Waals surface area contributed by atoms with Crippen molar-refractivity contribution in [2.24, 2.45) is 0 Å². The summed E-state index contributed by atoms with van der Waals surface area (Å²) in [6.07, 6.45) is 3.30. The molecule has 1 saturated carbocycles. The molecule has 110 valence electrons. The van der Waals surface area contributed by atoms with E-state index in [0.29, 0.717) is 5.69 Å². The molecule has 0 bridgehead atoms. The van der Waals surface area contributed by atoms with Gasteiger partial charge in [0.2, 0.25) is 5.91 Å². The van der Waals surface area contributed by atoms with E-state index in [1.54, 1.807) is 12.1 Å². The lowest BCUT2D eigenvalue weighted by molar-refractivity contribution is -0.127. The Bertz CT molecular complexity index is 468. The molecule has 1 aromatic rings. The minimum absolute atomic E-state index is 0.0479. The SMILES string of the molecule is CC(C)(C(=O)N[C@H]1CCCC[C@@H]1O)c1ccc(N)cc1. The molecule has 0 heterocycles. The second-order valence-electron chi connectivity index (χ2n) is 6.18. The number of benzene rings is 1. The van der Waals surface area contributed by atoms with Gasteiger partial charge < -0.3 is 16.2 Å². The van der Waals surface area contributed by atoms with Crippen molar-refractivity contribution in [3.8, 4) is 0 Å². The zero-order chi connectivity index (χ0) is 14.8. The molecule has 0 saturated heterocycles. The Hall–Kier alpha value is -1.55. The van der Waals surface area contributed by atoms with E-state index in [0.717, 1.165) is 31.2 Å². The van der Waals surface area contributed by atoms with Gasteiger partial charge in [-0.05, 0) is 44.4 Å². The maximum atomic E-state index is 12.5. The molecule has 2 rings (SSSR count). The summed E-state index contributed by atoms with van der Waals surface area (Å²) < 4.78 is 0. The van der Waals surface area contributed by atoms with E-state index in [9.17, 15) is 9.90 Å². The molecule has 2 atom stereocenters. The van der Waals surface area contributed by atoms with Crippen LogP contribution in [0.15, 0.2) is 24.3 Å². The quantitative estimate of drug-likeness (QED) is 0.739. The van der Waals surface area contributed by atoms with Gasteiger partial charge in [-0.1, -0.05) is 25.0 Å². The Morgan fingerprint density at radius 3 is 2.45 bits per heavy atom. The van der Waals surface area contributed by atoms with Gasteiger partial charge in [-0.15, -0.1) is 0 Å². The van der Waals surface area contributed by atoms with E-state index in [2.05, 4.69) is 5.32 Å². The number of hydrogen-bond donors (Lipinski definition) is 3. The van der Waals surface area contributed by atoms with Crippen molar-refractivity contribution in [3.05, 3.63) is 29.8 Å².